The predicted octanol–water partition coefficient (Wildman–Crippen LogP) is 3.03. The third kappa shape index (κ3) is 5.28. The second-order valence-electron chi connectivity index (χ2n) is 7.49. The maximum atomic E-state index is 12.5. The number of piperidine rings is 1. The van der Waals surface area contributed by atoms with Gasteiger partial charge < -0.3 is 19.4 Å². The number of rotatable bonds is 3. The van der Waals surface area contributed by atoms with Crippen LogP contribution >= 0.6 is 0 Å². The number of hydrogen-bond donors (Lipinski definition) is 1. The highest BCUT2D eigenvalue weighted by Crippen LogP contribution is 2.20. The van der Waals surface area contributed by atoms with Gasteiger partial charge >= 0.3 is 6.09 Å². The summed E-state index contributed by atoms with van der Waals surface area (Å²) in [6.07, 6.45) is 1.34. The monoisotopic (exact) mass is 336 g/mol. The Balaban J connectivity index is 1.84. The zero-order chi connectivity index (χ0) is 17.9. The van der Waals surface area contributed by atoms with E-state index < -0.39 is 11.7 Å². The van der Waals surface area contributed by atoms with Crippen molar-refractivity contribution in [3.8, 4) is 0 Å². The van der Waals surface area contributed by atoms with Gasteiger partial charge in [-0.3, -0.25) is 4.79 Å². The molecule has 2 rings (SSSR count). The van der Waals surface area contributed by atoms with Crippen LogP contribution in [0, 0.1) is 6.92 Å². The lowest BCUT2D eigenvalue weighted by atomic mass is 9.98. The van der Waals surface area contributed by atoms with Crippen LogP contribution in [-0.2, 0) is 16.0 Å². The van der Waals surface area contributed by atoms with Crippen LogP contribution in [0.4, 0.5) is 4.79 Å². The van der Waals surface area contributed by atoms with Gasteiger partial charge in [-0.15, -0.1) is 0 Å². The first-order chi connectivity index (χ1) is 11.1. The van der Waals surface area contributed by atoms with Crippen LogP contribution in [0.15, 0.2) is 16.5 Å². The van der Waals surface area contributed by atoms with Crippen LogP contribution in [0.2, 0.25) is 0 Å². The summed E-state index contributed by atoms with van der Waals surface area (Å²) in [6, 6.07) is 3.81. The molecule has 2 heterocycles. The molecule has 0 unspecified atom stereocenters. The normalized spacial score (nSPS) is 21.5. The Kier molecular flexibility index (Phi) is 5.57. The molecule has 24 heavy (non-hydrogen) atoms. The number of hydrogen-bond acceptors (Lipinski definition) is 4. The number of nitrogens with zero attached hydrogens (tertiary/aromatic N) is 1. The fraction of sp³-hybridized carbons (Fsp3) is 0.667. The number of carbonyl (C=O) groups excluding carboxylic acids is 2. The van der Waals surface area contributed by atoms with Crippen molar-refractivity contribution in [1.29, 1.82) is 0 Å². The SMILES string of the molecule is Cc1ccc(CC(=O)N2CC[C@H](NC(=O)OC(C)(C)C)C[C@@H]2C)o1. The summed E-state index contributed by atoms with van der Waals surface area (Å²) in [7, 11) is 0. The topological polar surface area (TPSA) is 71.8 Å². The third-order valence-corrected chi connectivity index (χ3v) is 4.04. The van der Waals surface area contributed by atoms with Gasteiger partial charge in [0.1, 0.15) is 17.1 Å². The molecule has 1 aromatic rings. The number of furan rings is 1. The quantitative estimate of drug-likeness (QED) is 0.921. The summed E-state index contributed by atoms with van der Waals surface area (Å²) in [4.78, 5) is 26.2. The van der Waals surface area contributed by atoms with E-state index in [0.29, 0.717) is 12.3 Å². The minimum Gasteiger partial charge on any atom is -0.466 e. The van der Waals surface area contributed by atoms with Crippen molar-refractivity contribution < 1.29 is 18.7 Å². The van der Waals surface area contributed by atoms with Gasteiger partial charge in [0.2, 0.25) is 5.91 Å². The van der Waals surface area contributed by atoms with E-state index in [4.69, 9.17) is 9.15 Å². The predicted molar refractivity (Wildman–Crippen MR) is 90.7 cm³/mol. The van der Waals surface area contributed by atoms with Crippen LogP contribution in [0.5, 0.6) is 0 Å². The Hall–Kier alpha value is -1.98. The largest absolute Gasteiger partial charge is 0.466 e. The average molecular weight is 336 g/mol. The highest BCUT2D eigenvalue weighted by molar-refractivity contribution is 5.78. The van der Waals surface area contributed by atoms with Crippen molar-refractivity contribution in [2.24, 2.45) is 0 Å². The number of amides is 2. The van der Waals surface area contributed by atoms with Crippen LogP contribution in [0.1, 0.15) is 52.1 Å². The molecule has 6 nitrogen and oxygen atoms in total. The molecular weight excluding hydrogens is 308 g/mol. The average Bonchev–Trinajstić information content (AvgIpc) is 2.81. The van der Waals surface area contributed by atoms with Gasteiger partial charge in [0.05, 0.1) is 6.42 Å². The smallest absolute Gasteiger partial charge is 0.407 e. The van der Waals surface area contributed by atoms with Gasteiger partial charge in [0.25, 0.3) is 0 Å². The number of alkyl carbamates (subject to hydrolysis) is 1. The van der Waals surface area contributed by atoms with Gasteiger partial charge in [0, 0.05) is 18.6 Å². The maximum Gasteiger partial charge on any atom is 0.407 e. The molecule has 1 aromatic heterocycles. The minimum absolute atomic E-state index is 0.0322. The van der Waals surface area contributed by atoms with Gasteiger partial charge in [0.15, 0.2) is 0 Å². The minimum atomic E-state index is -0.506. The van der Waals surface area contributed by atoms with Gasteiger partial charge in [-0.1, -0.05) is 0 Å². The van der Waals surface area contributed by atoms with Crippen molar-refractivity contribution in [2.75, 3.05) is 6.54 Å². The van der Waals surface area contributed by atoms with Crippen LogP contribution in [-0.4, -0.2) is 41.1 Å². The maximum absolute atomic E-state index is 12.5. The summed E-state index contributed by atoms with van der Waals surface area (Å²) >= 11 is 0. The number of ether oxygens (including phenoxy) is 1. The van der Waals surface area contributed by atoms with Crippen molar-refractivity contribution in [2.45, 2.75) is 71.6 Å². The molecule has 1 N–H and O–H groups in total. The van der Waals surface area contributed by atoms with Crippen molar-refractivity contribution >= 4 is 12.0 Å². The number of likely N-dealkylation sites (tertiary alicyclic amines) is 1. The van der Waals surface area contributed by atoms with E-state index in [1.807, 2.05) is 51.7 Å². The Morgan fingerprint density at radius 1 is 1.38 bits per heavy atom. The first kappa shape index (κ1) is 18.4. The van der Waals surface area contributed by atoms with Gasteiger partial charge in [-0.05, 0) is 59.6 Å². The van der Waals surface area contributed by atoms with E-state index in [1.54, 1.807) is 0 Å². The molecule has 1 saturated heterocycles. The fourth-order valence-electron chi connectivity index (χ4n) is 2.98. The standard InChI is InChI=1S/C18H28N2O4/c1-12-10-14(19-17(22)24-18(3,4)5)8-9-20(12)16(21)11-15-7-6-13(2)23-15/h6-7,12,14H,8-11H2,1-5H3,(H,19,22)/t12-,14-/m0/s1. The van der Waals surface area contributed by atoms with E-state index >= 15 is 0 Å². The fourth-order valence-corrected chi connectivity index (χ4v) is 2.98. The lowest BCUT2D eigenvalue weighted by Crippen LogP contribution is -2.51. The lowest BCUT2D eigenvalue weighted by molar-refractivity contribution is -0.134. The zero-order valence-electron chi connectivity index (χ0n) is 15.2. The first-order valence-corrected chi connectivity index (χ1v) is 8.48. The van der Waals surface area contributed by atoms with E-state index in [-0.39, 0.29) is 24.4 Å². The molecule has 134 valence electrons. The Labute approximate surface area is 143 Å². The third-order valence-electron chi connectivity index (χ3n) is 4.04. The molecule has 0 saturated carbocycles. The second kappa shape index (κ2) is 7.28. The molecule has 1 fully saturated rings. The summed E-state index contributed by atoms with van der Waals surface area (Å²) in [5, 5.41) is 2.90. The van der Waals surface area contributed by atoms with E-state index in [0.717, 1.165) is 18.6 Å². The van der Waals surface area contributed by atoms with Crippen molar-refractivity contribution in [1.82, 2.24) is 10.2 Å². The highest BCUT2D eigenvalue weighted by Gasteiger charge is 2.30. The van der Waals surface area contributed by atoms with E-state index in [1.165, 1.54) is 0 Å². The number of nitrogens with one attached hydrogen (secondary N) is 1. The molecule has 2 atom stereocenters. The summed E-state index contributed by atoms with van der Waals surface area (Å²) in [6.45, 7) is 10.0. The molecule has 6 heteroatoms. The summed E-state index contributed by atoms with van der Waals surface area (Å²) in [5.41, 5.74) is -0.506. The molecular formula is C18H28N2O4. The molecule has 0 radical (unpaired) electrons. The molecule has 1 aliphatic heterocycles. The molecule has 0 bridgehead atoms. The molecule has 0 spiro atoms. The van der Waals surface area contributed by atoms with Crippen molar-refractivity contribution in [3.05, 3.63) is 23.7 Å². The Morgan fingerprint density at radius 2 is 2.08 bits per heavy atom. The molecule has 2 amide bonds. The number of aryl methyl sites for hydroxylation is 1. The summed E-state index contributed by atoms with van der Waals surface area (Å²) in [5.74, 6) is 1.57. The number of carbonyl (C=O) groups is 2. The Bertz CT molecular complexity index is 588. The van der Waals surface area contributed by atoms with E-state index in [2.05, 4.69) is 5.32 Å². The van der Waals surface area contributed by atoms with Gasteiger partial charge in [-0.25, -0.2) is 4.79 Å². The first-order valence-electron chi connectivity index (χ1n) is 8.48. The summed E-state index contributed by atoms with van der Waals surface area (Å²) < 4.78 is 10.8. The molecule has 0 aromatic carbocycles. The van der Waals surface area contributed by atoms with Crippen LogP contribution < -0.4 is 5.32 Å². The van der Waals surface area contributed by atoms with E-state index in [9.17, 15) is 9.59 Å². The highest BCUT2D eigenvalue weighted by atomic mass is 16.6. The molecule has 1 aliphatic rings. The van der Waals surface area contributed by atoms with Gasteiger partial charge in [-0.2, -0.15) is 0 Å². The zero-order valence-corrected chi connectivity index (χ0v) is 15.2. The van der Waals surface area contributed by atoms with Crippen LogP contribution in [0.3, 0.4) is 0 Å². The van der Waals surface area contributed by atoms with Crippen LogP contribution in [0.25, 0.3) is 0 Å². The Morgan fingerprint density at radius 3 is 2.62 bits per heavy atom. The second-order valence-corrected chi connectivity index (χ2v) is 7.49. The molecule has 0 aliphatic carbocycles. The van der Waals surface area contributed by atoms with Crippen molar-refractivity contribution in [3.63, 3.8) is 0 Å². The lowest BCUT2D eigenvalue weighted by Gasteiger charge is -2.38.